The van der Waals surface area contributed by atoms with Crippen LogP contribution in [-0.4, -0.2) is 91.6 Å². The smallest absolute Gasteiger partial charge is 0.340 e. The van der Waals surface area contributed by atoms with E-state index < -0.39 is 24.5 Å². The van der Waals surface area contributed by atoms with Crippen molar-refractivity contribution in [3.05, 3.63) is 0 Å². The largest absolute Gasteiger partial charge is 0.406 e. The van der Waals surface area contributed by atoms with Crippen LogP contribution < -0.4 is 5.32 Å². The summed E-state index contributed by atoms with van der Waals surface area (Å²) in [7, 11) is 0. The predicted octanol–water partition coefficient (Wildman–Crippen LogP) is 1.32. The first kappa shape index (κ1) is 21.9. The summed E-state index contributed by atoms with van der Waals surface area (Å²) in [4.78, 5) is 29.7. The molecule has 2 fully saturated rings. The van der Waals surface area contributed by atoms with Gasteiger partial charge in [0.2, 0.25) is 11.8 Å². The minimum atomic E-state index is -4.38. The van der Waals surface area contributed by atoms with Crippen LogP contribution in [0.2, 0.25) is 0 Å². The summed E-state index contributed by atoms with van der Waals surface area (Å²) in [5, 5.41) is 3.20. The second-order valence-corrected chi connectivity index (χ2v) is 7.40. The van der Waals surface area contributed by atoms with Crippen molar-refractivity contribution in [1.82, 2.24) is 20.0 Å². The maximum atomic E-state index is 12.8. The molecule has 1 atom stereocenters. The third-order valence-electron chi connectivity index (χ3n) is 5.14. The molecule has 0 bridgehead atoms. The van der Waals surface area contributed by atoms with Gasteiger partial charge in [0.25, 0.3) is 0 Å². The summed E-state index contributed by atoms with van der Waals surface area (Å²) in [5.74, 6) is -0.719. The Bertz CT molecular complexity index is 495. The number of hydrogen-bond donors (Lipinski definition) is 1. The lowest BCUT2D eigenvalue weighted by molar-refractivity contribution is -0.164. The number of rotatable bonds is 7. The Kier molecular flexibility index (Phi) is 8.34. The molecule has 0 saturated carbocycles. The summed E-state index contributed by atoms with van der Waals surface area (Å²) >= 11 is 0. The van der Waals surface area contributed by atoms with Gasteiger partial charge in [-0.1, -0.05) is 6.92 Å². The van der Waals surface area contributed by atoms with Gasteiger partial charge in [-0.3, -0.25) is 9.59 Å². The topological polar surface area (TPSA) is 55.9 Å². The van der Waals surface area contributed by atoms with Gasteiger partial charge in [-0.2, -0.15) is 13.2 Å². The number of amides is 2. The normalized spacial score (nSPS) is 21.9. The molecule has 6 nitrogen and oxygen atoms in total. The van der Waals surface area contributed by atoms with Gasteiger partial charge in [-0.25, -0.2) is 0 Å². The monoisotopic (exact) mass is 392 g/mol. The van der Waals surface area contributed by atoms with Gasteiger partial charge in [-0.05, 0) is 25.8 Å². The maximum absolute atomic E-state index is 12.8. The highest BCUT2D eigenvalue weighted by Gasteiger charge is 2.36. The molecule has 2 rings (SSSR count). The van der Waals surface area contributed by atoms with Crippen molar-refractivity contribution in [2.45, 2.75) is 38.8 Å². The van der Waals surface area contributed by atoms with Crippen molar-refractivity contribution >= 4 is 11.8 Å². The summed E-state index contributed by atoms with van der Waals surface area (Å²) in [6, 6.07) is 0. The van der Waals surface area contributed by atoms with Crippen LogP contribution >= 0.6 is 0 Å². The van der Waals surface area contributed by atoms with E-state index in [4.69, 9.17) is 0 Å². The van der Waals surface area contributed by atoms with Crippen molar-refractivity contribution in [1.29, 1.82) is 0 Å². The van der Waals surface area contributed by atoms with E-state index in [2.05, 4.69) is 5.32 Å². The molecule has 0 radical (unpaired) electrons. The highest BCUT2D eigenvalue weighted by molar-refractivity contribution is 5.79. The van der Waals surface area contributed by atoms with Crippen molar-refractivity contribution in [2.24, 2.45) is 5.92 Å². The number of piperidine rings is 1. The van der Waals surface area contributed by atoms with E-state index in [9.17, 15) is 22.8 Å². The second kappa shape index (κ2) is 10.3. The lowest BCUT2D eigenvalue weighted by Gasteiger charge is -2.35. The molecule has 2 amide bonds. The first-order valence-electron chi connectivity index (χ1n) is 9.86. The summed E-state index contributed by atoms with van der Waals surface area (Å²) in [6.45, 7) is 5.51. The van der Waals surface area contributed by atoms with Crippen LogP contribution in [0.4, 0.5) is 13.2 Å². The molecule has 2 saturated heterocycles. The van der Waals surface area contributed by atoms with E-state index in [0.717, 1.165) is 31.0 Å². The number of alkyl halides is 3. The number of carbonyl (C=O) groups excluding carboxylic acids is 2. The van der Waals surface area contributed by atoms with Crippen molar-refractivity contribution in [3.63, 3.8) is 0 Å². The van der Waals surface area contributed by atoms with Crippen LogP contribution in [0.3, 0.4) is 0 Å². The Balaban J connectivity index is 1.84. The standard InChI is InChI=1S/C18H31F3N4O2/c1-2-8-25(14-18(19,20)21)17(27)15-4-3-9-23(13-15)10-5-16(26)24-11-6-22-7-12-24/h15,22H,2-14H2,1H3. The molecule has 156 valence electrons. The molecular weight excluding hydrogens is 361 g/mol. The number of hydrogen-bond acceptors (Lipinski definition) is 4. The van der Waals surface area contributed by atoms with Gasteiger partial charge in [0, 0.05) is 52.2 Å². The summed E-state index contributed by atoms with van der Waals surface area (Å²) in [5.41, 5.74) is 0. The predicted molar refractivity (Wildman–Crippen MR) is 96.2 cm³/mol. The van der Waals surface area contributed by atoms with Gasteiger partial charge >= 0.3 is 6.18 Å². The third-order valence-corrected chi connectivity index (χ3v) is 5.14. The molecule has 1 unspecified atom stereocenters. The molecule has 2 aliphatic heterocycles. The molecular formula is C18H31F3N4O2. The van der Waals surface area contributed by atoms with E-state index in [-0.39, 0.29) is 12.5 Å². The molecule has 0 aromatic rings. The van der Waals surface area contributed by atoms with E-state index in [1.165, 1.54) is 0 Å². The zero-order valence-corrected chi connectivity index (χ0v) is 16.1. The summed E-state index contributed by atoms with van der Waals surface area (Å²) in [6.07, 6.45) is -2.11. The molecule has 2 heterocycles. The van der Waals surface area contributed by atoms with Gasteiger partial charge in [0.05, 0.1) is 5.92 Å². The molecule has 2 aliphatic rings. The fraction of sp³-hybridized carbons (Fsp3) is 0.889. The van der Waals surface area contributed by atoms with Crippen LogP contribution in [0, 0.1) is 5.92 Å². The van der Waals surface area contributed by atoms with E-state index in [0.29, 0.717) is 45.4 Å². The minimum absolute atomic E-state index is 0.106. The van der Waals surface area contributed by atoms with Crippen molar-refractivity contribution in [3.8, 4) is 0 Å². The van der Waals surface area contributed by atoms with Crippen molar-refractivity contribution < 1.29 is 22.8 Å². The molecule has 27 heavy (non-hydrogen) atoms. The van der Waals surface area contributed by atoms with Gasteiger partial charge < -0.3 is 20.0 Å². The SMILES string of the molecule is CCCN(CC(F)(F)F)C(=O)C1CCCN(CCC(=O)N2CCNCC2)C1. The number of likely N-dealkylation sites (tertiary alicyclic amines) is 1. The van der Waals surface area contributed by atoms with E-state index >= 15 is 0 Å². The number of nitrogens with one attached hydrogen (secondary N) is 1. The Morgan fingerprint density at radius 2 is 1.89 bits per heavy atom. The lowest BCUT2D eigenvalue weighted by atomic mass is 9.96. The zero-order chi connectivity index (χ0) is 19.9. The molecule has 0 aromatic heterocycles. The minimum Gasteiger partial charge on any atom is -0.340 e. The van der Waals surface area contributed by atoms with Gasteiger partial charge in [0.15, 0.2) is 0 Å². The Morgan fingerprint density at radius 1 is 1.19 bits per heavy atom. The highest BCUT2D eigenvalue weighted by Crippen LogP contribution is 2.23. The number of nitrogens with zero attached hydrogens (tertiary/aromatic N) is 3. The number of piperazine rings is 1. The summed E-state index contributed by atoms with van der Waals surface area (Å²) < 4.78 is 38.3. The van der Waals surface area contributed by atoms with Crippen LogP contribution in [0.1, 0.15) is 32.6 Å². The Morgan fingerprint density at radius 3 is 2.52 bits per heavy atom. The Labute approximate surface area is 159 Å². The molecule has 0 aromatic carbocycles. The van der Waals surface area contributed by atoms with Crippen molar-refractivity contribution in [2.75, 3.05) is 58.9 Å². The van der Waals surface area contributed by atoms with Crippen LogP contribution in [0.5, 0.6) is 0 Å². The molecule has 0 spiro atoms. The fourth-order valence-corrected chi connectivity index (χ4v) is 3.80. The van der Waals surface area contributed by atoms with Crippen LogP contribution in [0.25, 0.3) is 0 Å². The van der Waals surface area contributed by atoms with Crippen LogP contribution in [0.15, 0.2) is 0 Å². The highest BCUT2D eigenvalue weighted by atomic mass is 19.4. The van der Waals surface area contributed by atoms with Gasteiger partial charge in [-0.15, -0.1) is 0 Å². The molecule has 1 N–H and O–H groups in total. The number of carbonyl (C=O) groups is 2. The zero-order valence-electron chi connectivity index (χ0n) is 16.1. The maximum Gasteiger partial charge on any atom is 0.406 e. The first-order chi connectivity index (χ1) is 12.8. The Hall–Kier alpha value is -1.35. The molecule has 9 heteroatoms. The van der Waals surface area contributed by atoms with Crippen LogP contribution in [-0.2, 0) is 9.59 Å². The average Bonchev–Trinajstić information content (AvgIpc) is 2.65. The van der Waals surface area contributed by atoms with E-state index in [1.54, 1.807) is 6.92 Å². The first-order valence-corrected chi connectivity index (χ1v) is 9.86. The second-order valence-electron chi connectivity index (χ2n) is 7.40. The lowest BCUT2D eigenvalue weighted by Crippen LogP contribution is -2.49. The average molecular weight is 392 g/mol. The third kappa shape index (κ3) is 7.29. The van der Waals surface area contributed by atoms with Gasteiger partial charge in [0.1, 0.15) is 6.54 Å². The number of halogens is 3. The molecule has 0 aliphatic carbocycles. The van der Waals surface area contributed by atoms with E-state index in [1.807, 2.05) is 9.80 Å². The quantitative estimate of drug-likeness (QED) is 0.710. The fourth-order valence-electron chi connectivity index (χ4n) is 3.80.